The highest BCUT2D eigenvalue weighted by Crippen LogP contribution is 2.32. The Kier molecular flexibility index (Phi) is 4.63. The van der Waals surface area contributed by atoms with E-state index in [4.69, 9.17) is 13.9 Å². The second-order valence-electron chi connectivity index (χ2n) is 7.39. The fraction of sp³-hybridized carbons (Fsp3) is 0.273. The molecule has 0 unspecified atom stereocenters. The first kappa shape index (κ1) is 18.6. The zero-order chi connectivity index (χ0) is 20.7. The van der Waals surface area contributed by atoms with Gasteiger partial charge in [-0.1, -0.05) is 6.07 Å². The van der Waals surface area contributed by atoms with E-state index in [9.17, 15) is 14.0 Å². The molecule has 2 aromatic carbocycles. The summed E-state index contributed by atoms with van der Waals surface area (Å²) in [5.74, 6) is 0.613. The molecular formula is C22H19FN2O5. The Morgan fingerprint density at radius 2 is 1.77 bits per heavy atom. The number of halogens is 1. The van der Waals surface area contributed by atoms with Gasteiger partial charge in [-0.2, -0.15) is 0 Å². The number of hydrogen-bond acceptors (Lipinski definition) is 6. The van der Waals surface area contributed by atoms with Crippen LogP contribution in [0.15, 0.2) is 51.7 Å². The van der Waals surface area contributed by atoms with Crippen molar-refractivity contribution in [1.29, 1.82) is 0 Å². The number of piperazine rings is 1. The average molecular weight is 410 g/mol. The van der Waals surface area contributed by atoms with E-state index < -0.39 is 11.4 Å². The van der Waals surface area contributed by atoms with Crippen LogP contribution >= 0.6 is 0 Å². The van der Waals surface area contributed by atoms with Gasteiger partial charge in [-0.25, -0.2) is 9.18 Å². The van der Waals surface area contributed by atoms with Gasteiger partial charge in [-0.3, -0.25) is 9.69 Å². The molecule has 1 aromatic heterocycles. The van der Waals surface area contributed by atoms with Gasteiger partial charge in [0, 0.05) is 32.7 Å². The molecule has 0 N–H and O–H groups in total. The van der Waals surface area contributed by atoms with Crippen LogP contribution in [0, 0.1) is 5.82 Å². The lowest BCUT2D eigenvalue weighted by Gasteiger charge is -2.34. The van der Waals surface area contributed by atoms with Crippen LogP contribution in [-0.2, 0) is 6.54 Å². The van der Waals surface area contributed by atoms with E-state index in [1.165, 1.54) is 24.3 Å². The molecule has 2 aliphatic heterocycles. The molecule has 5 rings (SSSR count). The molecule has 3 heterocycles. The lowest BCUT2D eigenvalue weighted by Crippen LogP contribution is -2.48. The van der Waals surface area contributed by atoms with Crippen molar-refractivity contribution in [1.82, 2.24) is 9.80 Å². The maximum absolute atomic E-state index is 13.5. The number of rotatable bonds is 3. The molecule has 0 atom stereocenters. The van der Waals surface area contributed by atoms with Crippen LogP contribution in [0.1, 0.15) is 16.1 Å². The van der Waals surface area contributed by atoms with Gasteiger partial charge in [-0.15, -0.1) is 0 Å². The van der Waals surface area contributed by atoms with Crippen molar-refractivity contribution >= 4 is 16.7 Å². The molecule has 1 fully saturated rings. The summed E-state index contributed by atoms with van der Waals surface area (Å²) in [4.78, 5) is 28.9. The van der Waals surface area contributed by atoms with E-state index in [0.29, 0.717) is 31.6 Å². The van der Waals surface area contributed by atoms with E-state index in [1.807, 2.05) is 18.2 Å². The van der Waals surface area contributed by atoms with Crippen LogP contribution in [-0.4, -0.2) is 48.7 Å². The molecular weight excluding hydrogens is 391 g/mol. The Morgan fingerprint density at radius 1 is 0.967 bits per heavy atom. The third-order valence-corrected chi connectivity index (χ3v) is 5.44. The molecule has 0 aliphatic carbocycles. The number of hydrogen-bond donors (Lipinski definition) is 0. The van der Waals surface area contributed by atoms with Crippen molar-refractivity contribution in [2.75, 3.05) is 33.0 Å². The Hall–Kier alpha value is -3.39. The smallest absolute Gasteiger partial charge is 0.344 e. The Labute approximate surface area is 171 Å². The Bertz CT molecular complexity index is 1180. The predicted molar refractivity (Wildman–Crippen MR) is 106 cm³/mol. The number of fused-ring (bicyclic) bond motifs is 2. The van der Waals surface area contributed by atoms with Crippen molar-refractivity contribution in [3.8, 4) is 11.5 Å². The van der Waals surface area contributed by atoms with Crippen molar-refractivity contribution in [2.45, 2.75) is 6.54 Å². The molecule has 8 heteroatoms. The average Bonchev–Trinajstić information content (AvgIpc) is 3.21. The highest BCUT2D eigenvalue weighted by Gasteiger charge is 2.25. The Morgan fingerprint density at radius 3 is 2.60 bits per heavy atom. The van der Waals surface area contributed by atoms with E-state index in [1.54, 1.807) is 4.90 Å². The molecule has 1 amide bonds. The molecule has 0 bridgehead atoms. The summed E-state index contributed by atoms with van der Waals surface area (Å²) in [7, 11) is 0. The summed E-state index contributed by atoms with van der Waals surface area (Å²) in [6.45, 7) is 3.38. The first-order valence-electron chi connectivity index (χ1n) is 9.70. The quantitative estimate of drug-likeness (QED) is 0.661. The molecule has 2 aliphatic rings. The SMILES string of the molecule is O=C(c1cc2cc(F)ccc2c(=O)o1)N1CCN(Cc2ccc3c(c2)OCO3)CC1. The number of carbonyl (C=O) groups excluding carboxylic acids is 1. The summed E-state index contributed by atoms with van der Waals surface area (Å²) < 4.78 is 29.5. The topological polar surface area (TPSA) is 72.2 Å². The summed E-state index contributed by atoms with van der Waals surface area (Å²) in [5.41, 5.74) is 0.471. The van der Waals surface area contributed by atoms with Crippen molar-refractivity contribution in [3.63, 3.8) is 0 Å². The van der Waals surface area contributed by atoms with E-state index in [2.05, 4.69) is 4.90 Å². The zero-order valence-electron chi connectivity index (χ0n) is 16.1. The number of nitrogens with zero attached hydrogens (tertiary/aromatic N) is 2. The monoisotopic (exact) mass is 410 g/mol. The molecule has 0 spiro atoms. The first-order chi connectivity index (χ1) is 14.6. The van der Waals surface area contributed by atoms with E-state index >= 15 is 0 Å². The second-order valence-corrected chi connectivity index (χ2v) is 7.39. The van der Waals surface area contributed by atoms with E-state index in [0.717, 1.165) is 23.6 Å². The molecule has 154 valence electrons. The minimum Gasteiger partial charge on any atom is -0.454 e. The number of ether oxygens (including phenoxy) is 2. The molecule has 30 heavy (non-hydrogen) atoms. The van der Waals surface area contributed by atoms with Crippen molar-refractivity contribution in [3.05, 3.63) is 70.0 Å². The minimum absolute atomic E-state index is 0.0673. The Balaban J connectivity index is 1.26. The molecule has 3 aromatic rings. The van der Waals surface area contributed by atoms with Crippen LogP contribution in [0.3, 0.4) is 0 Å². The van der Waals surface area contributed by atoms with Crippen LogP contribution in [0.4, 0.5) is 4.39 Å². The lowest BCUT2D eigenvalue weighted by molar-refractivity contribution is 0.0594. The van der Waals surface area contributed by atoms with Gasteiger partial charge in [0.1, 0.15) is 5.82 Å². The predicted octanol–water partition coefficient (Wildman–Crippen LogP) is 2.62. The maximum Gasteiger partial charge on any atom is 0.344 e. The van der Waals surface area contributed by atoms with Crippen LogP contribution < -0.4 is 15.1 Å². The summed E-state index contributed by atoms with van der Waals surface area (Å²) in [5, 5.41) is 0.609. The highest BCUT2D eigenvalue weighted by molar-refractivity contribution is 5.95. The van der Waals surface area contributed by atoms with Crippen LogP contribution in [0.25, 0.3) is 10.8 Å². The van der Waals surface area contributed by atoms with Crippen LogP contribution in [0.5, 0.6) is 11.5 Å². The molecule has 7 nitrogen and oxygen atoms in total. The zero-order valence-corrected chi connectivity index (χ0v) is 16.1. The summed E-state index contributed by atoms with van der Waals surface area (Å²) in [6, 6.07) is 11.1. The summed E-state index contributed by atoms with van der Waals surface area (Å²) >= 11 is 0. The molecule has 1 saturated heterocycles. The first-order valence-corrected chi connectivity index (χ1v) is 9.70. The molecule has 0 saturated carbocycles. The highest BCUT2D eigenvalue weighted by atomic mass is 19.1. The van der Waals surface area contributed by atoms with E-state index in [-0.39, 0.29) is 23.8 Å². The summed E-state index contributed by atoms with van der Waals surface area (Å²) in [6.07, 6.45) is 0. The van der Waals surface area contributed by atoms with Gasteiger partial charge in [-0.05, 0) is 47.3 Å². The standard InChI is InChI=1S/C22H19FN2O5/c23-16-2-3-17-15(10-16)11-20(30-22(17)27)21(26)25-7-5-24(6-8-25)12-14-1-4-18-19(9-14)29-13-28-18/h1-4,9-11H,5-8,12-13H2. The number of benzene rings is 2. The largest absolute Gasteiger partial charge is 0.454 e. The van der Waals surface area contributed by atoms with Crippen molar-refractivity contribution < 1.29 is 23.1 Å². The fourth-order valence-electron chi connectivity index (χ4n) is 3.83. The molecule has 0 radical (unpaired) electrons. The number of amides is 1. The van der Waals surface area contributed by atoms with Gasteiger partial charge in [0.15, 0.2) is 17.3 Å². The van der Waals surface area contributed by atoms with Gasteiger partial charge in [0.2, 0.25) is 6.79 Å². The fourth-order valence-corrected chi connectivity index (χ4v) is 3.83. The third-order valence-electron chi connectivity index (χ3n) is 5.44. The van der Waals surface area contributed by atoms with Crippen LogP contribution in [0.2, 0.25) is 0 Å². The second kappa shape index (κ2) is 7.46. The third kappa shape index (κ3) is 3.50. The normalized spacial score (nSPS) is 16.2. The van der Waals surface area contributed by atoms with Gasteiger partial charge >= 0.3 is 5.63 Å². The van der Waals surface area contributed by atoms with Crippen molar-refractivity contribution in [2.24, 2.45) is 0 Å². The maximum atomic E-state index is 13.5. The minimum atomic E-state index is -0.641. The number of carbonyl (C=O) groups is 1. The van der Waals surface area contributed by atoms with Gasteiger partial charge in [0.05, 0.1) is 5.39 Å². The lowest BCUT2D eigenvalue weighted by atomic mass is 10.1. The van der Waals surface area contributed by atoms with Gasteiger partial charge < -0.3 is 18.8 Å². The van der Waals surface area contributed by atoms with Gasteiger partial charge in [0.25, 0.3) is 5.91 Å².